The summed E-state index contributed by atoms with van der Waals surface area (Å²) in [4.78, 5) is 12.6. The molecule has 1 aliphatic heterocycles. The molecular formula is C22H25N3O. The van der Waals surface area contributed by atoms with Crippen LogP contribution in [0, 0.1) is 13.8 Å². The maximum absolute atomic E-state index is 12.6. The Labute approximate surface area is 155 Å². The first-order chi connectivity index (χ1) is 12.4. The summed E-state index contributed by atoms with van der Waals surface area (Å²) in [6.07, 6.45) is 9.10. The molecule has 0 fully saturated rings. The van der Waals surface area contributed by atoms with Gasteiger partial charge in [0.1, 0.15) is 0 Å². The largest absolute Gasteiger partial charge is 0.348 e. The van der Waals surface area contributed by atoms with E-state index in [4.69, 9.17) is 0 Å². The van der Waals surface area contributed by atoms with E-state index in [0.717, 1.165) is 11.1 Å². The Balaban J connectivity index is 2.18. The monoisotopic (exact) mass is 347 g/mol. The molecule has 26 heavy (non-hydrogen) atoms. The number of aryl methyl sites for hydroxylation is 2. The zero-order valence-electron chi connectivity index (χ0n) is 15.6. The lowest BCUT2D eigenvalue weighted by molar-refractivity contribution is -0.117. The molecule has 0 radical (unpaired) electrons. The van der Waals surface area contributed by atoms with Crippen molar-refractivity contribution in [1.29, 1.82) is 0 Å². The van der Waals surface area contributed by atoms with Gasteiger partial charge >= 0.3 is 0 Å². The highest BCUT2D eigenvalue weighted by molar-refractivity contribution is 6.16. The molecule has 1 amide bonds. The fourth-order valence-electron chi connectivity index (χ4n) is 2.78. The second kappa shape index (κ2) is 8.81. The number of amides is 1. The summed E-state index contributed by atoms with van der Waals surface area (Å²) in [5.74, 6) is -0.188. The minimum Gasteiger partial charge on any atom is -0.348 e. The number of hydrazone groups is 1. The fraction of sp³-hybridized carbons (Fsp3) is 0.182. The van der Waals surface area contributed by atoms with Crippen LogP contribution in [0.3, 0.4) is 0 Å². The van der Waals surface area contributed by atoms with Gasteiger partial charge < -0.3 is 5.32 Å². The molecule has 1 aliphatic rings. The molecule has 4 heteroatoms. The van der Waals surface area contributed by atoms with Crippen LogP contribution in [-0.2, 0) is 11.3 Å². The average molecular weight is 347 g/mol. The quantitative estimate of drug-likeness (QED) is 0.764. The van der Waals surface area contributed by atoms with E-state index < -0.39 is 0 Å². The van der Waals surface area contributed by atoms with Crippen molar-refractivity contribution in [3.63, 3.8) is 0 Å². The predicted molar refractivity (Wildman–Crippen MR) is 109 cm³/mol. The van der Waals surface area contributed by atoms with Gasteiger partial charge in [-0.25, -0.2) is 0 Å². The minimum absolute atomic E-state index is 0.188. The normalized spacial score (nSPS) is 14.6. The Kier molecular flexibility index (Phi) is 6.50. The van der Waals surface area contributed by atoms with Gasteiger partial charge in [-0.05, 0) is 32.4 Å². The zero-order valence-corrected chi connectivity index (χ0v) is 15.6. The van der Waals surface area contributed by atoms with Crippen molar-refractivity contribution < 1.29 is 4.79 Å². The second-order valence-electron chi connectivity index (χ2n) is 6.18. The molecule has 2 N–H and O–H groups in total. The molecule has 0 aliphatic carbocycles. The molecule has 0 bridgehead atoms. The van der Waals surface area contributed by atoms with Gasteiger partial charge in [0.05, 0.1) is 17.0 Å². The Morgan fingerprint density at radius 3 is 2.58 bits per heavy atom. The molecule has 0 atom stereocenters. The Bertz CT molecular complexity index is 834. The highest BCUT2D eigenvalue weighted by Gasteiger charge is 2.18. The van der Waals surface area contributed by atoms with Gasteiger partial charge in [0.25, 0.3) is 5.91 Å². The summed E-state index contributed by atoms with van der Waals surface area (Å²) in [6.45, 7) is 14.1. The smallest absolute Gasteiger partial charge is 0.253 e. The van der Waals surface area contributed by atoms with Crippen LogP contribution in [0.4, 0.5) is 0 Å². The van der Waals surface area contributed by atoms with Crippen molar-refractivity contribution in [2.75, 3.05) is 0 Å². The van der Waals surface area contributed by atoms with Crippen LogP contribution in [0.1, 0.15) is 23.6 Å². The van der Waals surface area contributed by atoms with E-state index in [1.807, 2.05) is 39.0 Å². The first-order valence-corrected chi connectivity index (χ1v) is 8.50. The number of nitrogens with one attached hydrogen (secondary N) is 2. The predicted octanol–water partition coefficient (Wildman–Crippen LogP) is 4.01. The first kappa shape index (κ1) is 19.2. The lowest BCUT2D eigenvalue weighted by Gasteiger charge is -2.17. The van der Waals surface area contributed by atoms with E-state index in [2.05, 4.69) is 47.2 Å². The maximum atomic E-state index is 12.6. The van der Waals surface area contributed by atoms with E-state index in [-0.39, 0.29) is 5.91 Å². The molecule has 2 rings (SSSR count). The van der Waals surface area contributed by atoms with Crippen molar-refractivity contribution >= 4 is 11.6 Å². The average Bonchev–Trinajstić information content (AvgIpc) is 2.59. The molecule has 0 unspecified atom stereocenters. The number of rotatable bonds is 6. The maximum Gasteiger partial charge on any atom is 0.253 e. The Hall–Kier alpha value is -3.14. The van der Waals surface area contributed by atoms with Gasteiger partial charge in [-0.1, -0.05) is 66.8 Å². The van der Waals surface area contributed by atoms with Gasteiger partial charge in [0, 0.05) is 12.1 Å². The number of hydrogen-bond donors (Lipinski definition) is 2. The van der Waals surface area contributed by atoms with Crippen LogP contribution in [-0.4, -0.2) is 11.6 Å². The molecule has 0 saturated carbocycles. The molecule has 0 spiro atoms. The second-order valence-corrected chi connectivity index (χ2v) is 6.18. The van der Waals surface area contributed by atoms with E-state index in [1.54, 1.807) is 12.2 Å². The van der Waals surface area contributed by atoms with Crippen LogP contribution in [0.25, 0.3) is 0 Å². The number of benzene rings is 1. The number of allylic oxidation sites excluding steroid dienone is 6. The highest BCUT2D eigenvalue weighted by Crippen LogP contribution is 2.16. The van der Waals surface area contributed by atoms with Crippen LogP contribution < -0.4 is 10.7 Å². The van der Waals surface area contributed by atoms with Crippen molar-refractivity contribution in [3.05, 3.63) is 95.3 Å². The molecule has 134 valence electrons. The SMILES string of the molecule is C=C/C=C(\C=C/C)C1=NNC(=C)C(C(=O)NCc2cc(C)cc(C)c2)=C1. The molecule has 1 aromatic carbocycles. The summed E-state index contributed by atoms with van der Waals surface area (Å²) in [5.41, 5.74) is 8.73. The van der Waals surface area contributed by atoms with Gasteiger partial charge in [-0.2, -0.15) is 5.10 Å². The molecule has 1 heterocycles. The fourth-order valence-corrected chi connectivity index (χ4v) is 2.78. The number of carbonyl (C=O) groups excluding carboxylic acids is 1. The summed E-state index contributed by atoms with van der Waals surface area (Å²) in [6, 6.07) is 6.25. The van der Waals surface area contributed by atoms with E-state index in [0.29, 0.717) is 23.5 Å². The van der Waals surface area contributed by atoms with Crippen LogP contribution in [0.2, 0.25) is 0 Å². The molecule has 0 aromatic heterocycles. The first-order valence-electron chi connectivity index (χ1n) is 8.50. The number of carbonyl (C=O) groups is 1. The summed E-state index contributed by atoms with van der Waals surface area (Å²) in [7, 11) is 0. The topological polar surface area (TPSA) is 53.5 Å². The van der Waals surface area contributed by atoms with Crippen LogP contribution in [0.5, 0.6) is 0 Å². The third kappa shape index (κ3) is 4.93. The van der Waals surface area contributed by atoms with Gasteiger partial charge in [-0.15, -0.1) is 0 Å². The Morgan fingerprint density at radius 1 is 1.27 bits per heavy atom. The van der Waals surface area contributed by atoms with E-state index in [1.165, 1.54) is 11.1 Å². The van der Waals surface area contributed by atoms with E-state index >= 15 is 0 Å². The minimum atomic E-state index is -0.188. The summed E-state index contributed by atoms with van der Waals surface area (Å²) in [5, 5.41) is 7.22. The summed E-state index contributed by atoms with van der Waals surface area (Å²) >= 11 is 0. The molecule has 1 aromatic rings. The van der Waals surface area contributed by atoms with Crippen molar-refractivity contribution in [2.24, 2.45) is 5.10 Å². The van der Waals surface area contributed by atoms with Gasteiger partial charge in [0.2, 0.25) is 0 Å². The lowest BCUT2D eigenvalue weighted by atomic mass is 10.0. The number of nitrogens with zero attached hydrogens (tertiary/aromatic N) is 1. The molecular weight excluding hydrogens is 322 g/mol. The van der Waals surface area contributed by atoms with Gasteiger partial charge in [-0.3, -0.25) is 10.2 Å². The summed E-state index contributed by atoms with van der Waals surface area (Å²) < 4.78 is 0. The Morgan fingerprint density at radius 2 is 1.96 bits per heavy atom. The third-order valence-corrected chi connectivity index (χ3v) is 3.84. The van der Waals surface area contributed by atoms with Crippen LogP contribution >= 0.6 is 0 Å². The van der Waals surface area contributed by atoms with Crippen molar-refractivity contribution in [3.8, 4) is 0 Å². The van der Waals surface area contributed by atoms with E-state index in [9.17, 15) is 4.79 Å². The lowest BCUT2D eigenvalue weighted by Crippen LogP contribution is -2.30. The number of hydrogen-bond acceptors (Lipinski definition) is 3. The van der Waals surface area contributed by atoms with Crippen molar-refractivity contribution in [2.45, 2.75) is 27.3 Å². The molecule has 4 nitrogen and oxygen atoms in total. The highest BCUT2D eigenvalue weighted by atomic mass is 16.1. The molecule has 0 saturated heterocycles. The third-order valence-electron chi connectivity index (χ3n) is 3.84. The van der Waals surface area contributed by atoms with Crippen LogP contribution in [0.15, 0.2) is 83.7 Å². The van der Waals surface area contributed by atoms with Gasteiger partial charge in [0.15, 0.2) is 0 Å². The zero-order chi connectivity index (χ0) is 19.1. The standard InChI is InChI=1S/C22H25N3O/c1-6-8-19(9-7-2)21-13-20(17(5)24-25-21)22(26)23-14-18-11-15(3)10-16(4)12-18/h6-13,24H,1,5,14H2,2-4H3,(H,23,26)/b9-7-,19-8+. The van der Waals surface area contributed by atoms with Crippen molar-refractivity contribution in [1.82, 2.24) is 10.7 Å².